The SMILES string of the molecule is CCS(=O)(=O)CCCC(CN)(C(=O)O)C(C)C. The average molecular weight is 265 g/mol. The third-order valence-corrected chi connectivity index (χ3v) is 5.20. The van der Waals surface area contributed by atoms with Crippen LogP contribution in [0.1, 0.15) is 33.6 Å². The van der Waals surface area contributed by atoms with Crippen LogP contribution in [0, 0.1) is 11.3 Å². The summed E-state index contributed by atoms with van der Waals surface area (Å²) in [5.74, 6) is -0.930. The minimum Gasteiger partial charge on any atom is -0.481 e. The molecule has 0 aromatic rings. The monoisotopic (exact) mass is 265 g/mol. The number of sulfone groups is 1. The van der Waals surface area contributed by atoms with Gasteiger partial charge in [0.25, 0.3) is 0 Å². The van der Waals surface area contributed by atoms with Crippen molar-refractivity contribution in [3.8, 4) is 0 Å². The summed E-state index contributed by atoms with van der Waals surface area (Å²) in [5.41, 5.74) is 4.55. The lowest BCUT2D eigenvalue weighted by atomic mass is 9.74. The van der Waals surface area contributed by atoms with Crippen LogP contribution >= 0.6 is 0 Å². The minimum absolute atomic E-state index is 0.0330. The van der Waals surface area contributed by atoms with Gasteiger partial charge < -0.3 is 10.8 Å². The highest BCUT2D eigenvalue weighted by atomic mass is 32.2. The van der Waals surface area contributed by atoms with Crippen molar-refractivity contribution in [1.29, 1.82) is 0 Å². The van der Waals surface area contributed by atoms with Gasteiger partial charge in [0.2, 0.25) is 0 Å². The summed E-state index contributed by atoms with van der Waals surface area (Å²) in [7, 11) is -3.04. The minimum atomic E-state index is -3.04. The van der Waals surface area contributed by atoms with Gasteiger partial charge in [-0.2, -0.15) is 0 Å². The molecule has 0 spiro atoms. The fraction of sp³-hybridized carbons (Fsp3) is 0.909. The Morgan fingerprint density at radius 3 is 2.24 bits per heavy atom. The quantitative estimate of drug-likeness (QED) is 0.679. The molecule has 0 amide bonds. The Balaban J connectivity index is 4.64. The second kappa shape index (κ2) is 6.35. The molecule has 0 aromatic carbocycles. The summed E-state index contributed by atoms with van der Waals surface area (Å²) in [6.45, 7) is 5.22. The van der Waals surface area contributed by atoms with Gasteiger partial charge in [-0.1, -0.05) is 20.8 Å². The molecule has 5 nitrogen and oxygen atoms in total. The number of nitrogens with two attached hydrogens (primary N) is 1. The van der Waals surface area contributed by atoms with Crippen LogP contribution in [0.25, 0.3) is 0 Å². The molecule has 0 saturated carbocycles. The van der Waals surface area contributed by atoms with Crippen molar-refractivity contribution in [3.05, 3.63) is 0 Å². The molecular weight excluding hydrogens is 242 g/mol. The molecule has 1 unspecified atom stereocenters. The van der Waals surface area contributed by atoms with Gasteiger partial charge in [-0.25, -0.2) is 8.42 Å². The van der Waals surface area contributed by atoms with Gasteiger partial charge in [0.05, 0.1) is 11.2 Å². The lowest BCUT2D eigenvalue weighted by Gasteiger charge is -2.32. The maximum atomic E-state index is 11.3. The third kappa shape index (κ3) is 4.27. The van der Waals surface area contributed by atoms with Crippen LogP contribution in [0.2, 0.25) is 0 Å². The van der Waals surface area contributed by atoms with Crippen LogP contribution in [-0.4, -0.2) is 37.5 Å². The van der Waals surface area contributed by atoms with Gasteiger partial charge in [0.15, 0.2) is 0 Å². The second-order valence-corrected chi connectivity index (χ2v) is 7.13. The van der Waals surface area contributed by atoms with E-state index in [1.165, 1.54) is 0 Å². The van der Waals surface area contributed by atoms with E-state index in [1.54, 1.807) is 20.8 Å². The molecule has 6 heteroatoms. The zero-order valence-electron chi connectivity index (χ0n) is 10.8. The van der Waals surface area contributed by atoms with Crippen molar-refractivity contribution in [3.63, 3.8) is 0 Å². The van der Waals surface area contributed by atoms with Gasteiger partial charge >= 0.3 is 5.97 Å². The summed E-state index contributed by atoms with van der Waals surface area (Å²) < 4.78 is 22.7. The molecule has 0 bridgehead atoms. The topological polar surface area (TPSA) is 97.5 Å². The first kappa shape index (κ1) is 16.4. The lowest BCUT2D eigenvalue weighted by Crippen LogP contribution is -2.43. The molecule has 0 rings (SSSR count). The van der Waals surface area contributed by atoms with Gasteiger partial charge in [0, 0.05) is 12.3 Å². The summed E-state index contributed by atoms with van der Waals surface area (Å²) >= 11 is 0. The maximum absolute atomic E-state index is 11.3. The van der Waals surface area contributed by atoms with Crippen LogP contribution < -0.4 is 5.73 Å². The Morgan fingerprint density at radius 1 is 1.41 bits per heavy atom. The summed E-state index contributed by atoms with van der Waals surface area (Å²) in [4.78, 5) is 11.3. The van der Waals surface area contributed by atoms with Crippen LogP contribution in [-0.2, 0) is 14.6 Å². The Labute approximate surface area is 103 Å². The van der Waals surface area contributed by atoms with Crippen molar-refractivity contribution in [1.82, 2.24) is 0 Å². The summed E-state index contributed by atoms with van der Waals surface area (Å²) in [6.07, 6.45) is 0.646. The summed E-state index contributed by atoms with van der Waals surface area (Å²) in [6, 6.07) is 0. The largest absolute Gasteiger partial charge is 0.481 e. The Hall–Kier alpha value is -0.620. The number of rotatable bonds is 8. The molecule has 0 radical (unpaired) electrons. The molecule has 0 aliphatic rings. The van der Waals surface area contributed by atoms with Crippen LogP contribution in [0.15, 0.2) is 0 Å². The number of hydrogen-bond acceptors (Lipinski definition) is 4. The second-order valence-electron chi connectivity index (χ2n) is 4.66. The smallest absolute Gasteiger partial charge is 0.311 e. The highest BCUT2D eigenvalue weighted by molar-refractivity contribution is 7.91. The van der Waals surface area contributed by atoms with Gasteiger partial charge in [-0.05, 0) is 18.8 Å². The van der Waals surface area contributed by atoms with E-state index in [4.69, 9.17) is 5.73 Å². The van der Waals surface area contributed by atoms with Crippen LogP contribution in [0.5, 0.6) is 0 Å². The fourth-order valence-electron chi connectivity index (χ4n) is 1.82. The molecule has 0 saturated heterocycles. The van der Waals surface area contributed by atoms with Crippen LogP contribution in [0.3, 0.4) is 0 Å². The van der Waals surface area contributed by atoms with Crippen molar-refractivity contribution >= 4 is 15.8 Å². The van der Waals surface area contributed by atoms with Gasteiger partial charge in [-0.15, -0.1) is 0 Å². The van der Waals surface area contributed by atoms with E-state index in [0.717, 1.165) is 0 Å². The molecule has 0 fully saturated rings. The van der Waals surface area contributed by atoms with Crippen LogP contribution in [0.4, 0.5) is 0 Å². The first-order valence-electron chi connectivity index (χ1n) is 5.85. The van der Waals surface area contributed by atoms with E-state index >= 15 is 0 Å². The van der Waals surface area contributed by atoms with E-state index in [1.807, 2.05) is 0 Å². The molecule has 3 N–H and O–H groups in total. The van der Waals surface area contributed by atoms with Crippen molar-refractivity contribution in [2.45, 2.75) is 33.6 Å². The standard InChI is InChI=1S/C11H23NO4S/c1-4-17(15,16)7-5-6-11(8-12,9(2)3)10(13)14/h9H,4-8,12H2,1-3H3,(H,13,14). The number of carbonyl (C=O) groups is 1. The Morgan fingerprint density at radius 2 is 1.94 bits per heavy atom. The lowest BCUT2D eigenvalue weighted by molar-refractivity contribution is -0.151. The highest BCUT2D eigenvalue weighted by Gasteiger charge is 2.40. The number of aliphatic carboxylic acids is 1. The van der Waals surface area contributed by atoms with Gasteiger partial charge in [-0.3, -0.25) is 4.79 Å². The predicted octanol–water partition coefficient (Wildman–Crippen LogP) is 0.887. The van der Waals surface area contributed by atoms with Gasteiger partial charge in [0.1, 0.15) is 9.84 Å². The summed E-state index contributed by atoms with van der Waals surface area (Å²) in [5, 5.41) is 9.25. The van der Waals surface area contributed by atoms with E-state index < -0.39 is 21.2 Å². The first-order valence-corrected chi connectivity index (χ1v) is 7.68. The Kier molecular flexibility index (Phi) is 6.12. The molecule has 0 aliphatic heterocycles. The third-order valence-electron chi connectivity index (χ3n) is 3.41. The maximum Gasteiger partial charge on any atom is 0.311 e. The zero-order chi connectivity index (χ0) is 13.7. The Bertz CT molecular complexity index is 350. The normalized spacial score (nSPS) is 15.8. The highest BCUT2D eigenvalue weighted by Crippen LogP contribution is 2.32. The first-order chi connectivity index (χ1) is 7.72. The van der Waals surface area contributed by atoms with E-state index in [0.29, 0.717) is 12.8 Å². The number of carboxylic acid groups (broad SMARTS) is 1. The van der Waals surface area contributed by atoms with E-state index in [9.17, 15) is 18.3 Å². The average Bonchev–Trinajstić information content (AvgIpc) is 2.23. The zero-order valence-corrected chi connectivity index (χ0v) is 11.6. The van der Waals surface area contributed by atoms with E-state index in [2.05, 4.69) is 0 Å². The molecule has 17 heavy (non-hydrogen) atoms. The van der Waals surface area contributed by atoms with Crippen molar-refractivity contribution in [2.24, 2.45) is 17.1 Å². The molecular formula is C11H23NO4S. The fourth-order valence-corrected chi connectivity index (χ4v) is 2.69. The van der Waals surface area contributed by atoms with Crippen molar-refractivity contribution < 1.29 is 18.3 Å². The van der Waals surface area contributed by atoms with E-state index in [-0.39, 0.29) is 24.0 Å². The molecule has 102 valence electrons. The molecule has 0 aromatic heterocycles. The molecule has 0 aliphatic carbocycles. The predicted molar refractivity (Wildman–Crippen MR) is 67.5 cm³/mol. The molecule has 0 heterocycles. The molecule has 1 atom stereocenters. The van der Waals surface area contributed by atoms with Crippen molar-refractivity contribution in [2.75, 3.05) is 18.1 Å². The number of carboxylic acids is 1. The number of hydrogen-bond donors (Lipinski definition) is 2.